The Morgan fingerprint density at radius 2 is 1.35 bits per heavy atom. The molecule has 17 heavy (non-hydrogen) atoms. The first-order chi connectivity index (χ1) is 8.28. The van der Waals surface area contributed by atoms with E-state index in [1.165, 1.54) is 33.4 Å². The van der Waals surface area contributed by atoms with E-state index in [0.29, 0.717) is 13.1 Å². The normalized spacial score (nSPS) is 14.1. The van der Waals surface area contributed by atoms with E-state index in [9.17, 15) is 0 Å². The number of hydrogen-bond acceptors (Lipinski definition) is 3. The molecule has 0 aromatic heterocycles. The van der Waals surface area contributed by atoms with Crippen LogP contribution in [0.5, 0.6) is 0 Å². The van der Waals surface area contributed by atoms with Crippen molar-refractivity contribution in [2.24, 2.45) is 11.5 Å². The molecule has 0 saturated heterocycles. The Hall–Kier alpha value is -0.900. The number of rotatable bonds is 4. The van der Waals surface area contributed by atoms with Crippen molar-refractivity contribution in [2.75, 3.05) is 0 Å². The molecule has 0 radical (unpaired) electrons. The Kier molecular flexibility index (Phi) is 3.82. The van der Waals surface area contributed by atoms with Gasteiger partial charge in [0.1, 0.15) is 0 Å². The summed E-state index contributed by atoms with van der Waals surface area (Å²) < 4.78 is 0. The fraction of sp³-hybridized carbons (Fsp3) is 0.571. The third kappa shape index (κ3) is 1.88. The molecule has 0 bridgehead atoms. The average molecular weight is 233 g/mol. The third-order valence-electron chi connectivity index (χ3n) is 3.90. The van der Waals surface area contributed by atoms with Crippen LogP contribution >= 0.6 is 0 Å². The summed E-state index contributed by atoms with van der Waals surface area (Å²) in [5.74, 6) is 0. The Morgan fingerprint density at radius 3 is 1.82 bits per heavy atom. The lowest BCUT2D eigenvalue weighted by Gasteiger charge is -2.21. The molecule has 0 amide bonds. The maximum atomic E-state index is 5.96. The Morgan fingerprint density at radius 1 is 0.824 bits per heavy atom. The zero-order valence-corrected chi connectivity index (χ0v) is 10.9. The highest BCUT2D eigenvalue weighted by atomic mass is 14.9. The van der Waals surface area contributed by atoms with Crippen molar-refractivity contribution in [1.82, 2.24) is 5.32 Å². The molecule has 0 atom stereocenters. The number of fused-ring (bicyclic) bond motifs is 1. The van der Waals surface area contributed by atoms with E-state index >= 15 is 0 Å². The summed E-state index contributed by atoms with van der Waals surface area (Å²) in [6, 6.07) is 0. The molecule has 0 saturated carbocycles. The standard InChI is InChI=1S/C14H23N3/c1-3-9-11(5-15)10(4-2)13-7-17-8-14(13)12(9)6-16/h17H,3-8,15-16H2,1-2H3. The smallest absolute Gasteiger partial charge is 0.0215 e. The molecule has 5 N–H and O–H groups in total. The van der Waals surface area contributed by atoms with Crippen molar-refractivity contribution < 1.29 is 0 Å². The highest BCUT2D eigenvalue weighted by molar-refractivity contribution is 5.53. The summed E-state index contributed by atoms with van der Waals surface area (Å²) in [5, 5.41) is 3.44. The van der Waals surface area contributed by atoms with Gasteiger partial charge in [0.2, 0.25) is 0 Å². The SMILES string of the molecule is CCc1c(CN)c(CC)c2c(c1CN)CNC2. The predicted octanol–water partition coefficient (Wildman–Crippen LogP) is 1.33. The van der Waals surface area contributed by atoms with Crippen molar-refractivity contribution in [2.45, 2.75) is 52.9 Å². The predicted molar refractivity (Wildman–Crippen MR) is 71.5 cm³/mol. The number of benzene rings is 1. The molecule has 0 spiro atoms. The van der Waals surface area contributed by atoms with Crippen LogP contribution in [0.15, 0.2) is 0 Å². The van der Waals surface area contributed by atoms with Gasteiger partial charge in [-0.15, -0.1) is 0 Å². The molecule has 1 aromatic rings. The fourth-order valence-electron chi connectivity index (χ4n) is 3.18. The first-order valence-corrected chi connectivity index (χ1v) is 6.56. The maximum absolute atomic E-state index is 5.96. The maximum Gasteiger partial charge on any atom is 0.0215 e. The summed E-state index contributed by atoms with van der Waals surface area (Å²) >= 11 is 0. The van der Waals surface area contributed by atoms with Gasteiger partial charge in [-0.3, -0.25) is 0 Å². The van der Waals surface area contributed by atoms with Crippen molar-refractivity contribution in [3.8, 4) is 0 Å². The van der Waals surface area contributed by atoms with Gasteiger partial charge < -0.3 is 16.8 Å². The van der Waals surface area contributed by atoms with Gasteiger partial charge >= 0.3 is 0 Å². The highest BCUT2D eigenvalue weighted by Crippen LogP contribution is 2.32. The Balaban J connectivity index is 2.74. The number of nitrogens with two attached hydrogens (primary N) is 2. The van der Waals surface area contributed by atoms with E-state index in [2.05, 4.69) is 19.2 Å². The summed E-state index contributed by atoms with van der Waals surface area (Å²) in [4.78, 5) is 0. The largest absolute Gasteiger partial charge is 0.326 e. The lowest BCUT2D eigenvalue weighted by molar-refractivity contribution is 0.758. The van der Waals surface area contributed by atoms with Crippen LogP contribution in [0.1, 0.15) is 47.2 Å². The van der Waals surface area contributed by atoms with Crippen LogP contribution < -0.4 is 16.8 Å². The molecule has 2 rings (SSSR count). The minimum atomic E-state index is 0.629. The second-order valence-electron chi connectivity index (χ2n) is 4.59. The second kappa shape index (κ2) is 5.17. The van der Waals surface area contributed by atoms with Crippen molar-refractivity contribution >= 4 is 0 Å². The molecule has 0 fully saturated rings. The van der Waals surface area contributed by atoms with Crippen LogP contribution in [0.25, 0.3) is 0 Å². The zero-order chi connectivity index (χ0) is 12.4. The fourth-order valence-corrected chi connectivity index (χ4v) is 3.18. The van der Waals surface area contributed by atoms with E-state index in [-0.39, 0.29) is 0 Å². The van der Waals surface area contributed by atoms with Gasteiger partial charge in [-0.1, -0.05) is 13.8 Å². The lowest BCUT2D eigenvalue weighted by atomic mass is 9.85. The van der Waals surface area contributed by atoms with Gasteiger partial charge in [0.15, 0.2) is 0 Å². The van der Waals surface area contributed by atoms with Crippen LogP contribution in [0, 0.1) is 0 Å². The molecule has 1 aliphatic rings. The Labute approximate surface area is 104 Å². The molecule has 94 valence electrons. The summed E-state index contributed by atoms with van der Waals surface area (Å²) in [6.45, 7) is 7.61. The molecule has 1 heterocycles. The minimum absolute atomic E-state index is 0.629. The monoisotopic (exact) mass is 233 g/mol. The molecule has 1 aromatic carbocycles. The molecule has 3 nitrogen and oxygen atoms in total. The first-order valence-electron chi connectivity index (χ1n) is 6.56. The molecular formula is C14H23N3. The van der Waals surface area contributed by atoms with Crippen molar-refractivity contribution in [3.63, 3.8) is 0 Å². The molecule has 3 heteroatoms. The van der Waals surface area contributed by atoms with Crippen LogP contribution in [-0.4, -0.2) is 0 Å². The van der Waals surface area contributed by atoms with Crippen LogP contribution in [0.4, 0.5) is 0 Å². The summed E-state index contributed by atoms with van der Waals surface area (Å²) in [5.41, 5.74) is 20.4. The van der Waals surface area contributed by atoms with E-state index in [4.69, 9.17) is 11.5 Å². The Bertz CT molecular complexity index is 385. The lowest BCUT2D eigenvalue weighted by Crippen LogP contribution is -2.15. The molecular weight excluding hydrogens is 210 g/mol. The van der Waals surface area contributed by atoms with Crippen LogP contribution in [0.2, 0.25) is 0 Å². The van der Waals surface area contributed by atoms with Gasteiger partial charge in [0, 0.05) is 26.2 Å². The highest BCUT2D eigenvalue weighted by Gasteiger charge is 2.23. The van der Waals surface area contributed by atoms with E-state index < -0.39 is 0 Å². The van der Waals surface area contributed by atoms with Crippen LogP contribution in [-0.2, 0) is 39.0 Å². The topological polar surface area (TPSA) is 64.1 Å². The molecule has 0 aliphatic carbocycles. The van der Waals surface area contributed by atoms with Crippen molar-refractivity contribution in [3.05, 3.63) is 33.4 Å². The molecule has 0 unspecified atom stereocenters. The van der Waals surface area contributed by atoms with E-state index in [1.54, 1.807) is 0 Å². The zero-order valence-electron chi connectivity index (χ0n) is 10.9. The van der Waals surface area contributed by atoms with Crippen molar-refractivity contribution in [1.29, 1.82) is 0 Å². The van der Waals surface area contributed by atoms with E-state index in [1.807, 2.05) is 0 Å². The van der Waals surface area contributed by atoms with Gasteiger partial charge in [0.05, 0.1) is 0 Å². The van der Waals surface area contributed by atoms with Gasteiger partial charge in [-0.25, -0.2) is 0 Å². The third-order valence-corrected chi connectivity index (χ3v) is 3.90. The van der Waals surface area contributed by atoms with Gasteiger partial charge in [-0.2, -0.15) is 0 Å². The quantitative estimate of drug-likeness (QED) is 0.735. The summed E-state index contributed by atoms with van der Waals surface area (Å²) in [7, 11) is 0. The second-order valence-corrected chi connectivity index (χ2v) is 4.59. The van der Waals surface area contributed by atoms with Gasteiger partial charge in [-0.05, 0) is 46.2 Å². The number of nitrogens with one attached hydrogen (secondary N) is 1. The first kappa shape index (κ1) is 12.6. The minimum Gasteiger partial charge on any atom is -0.326 e. The average Bonchev–Trinajstić information content (AvgIpc) is 2.84. The molecule has 1 aliphatic heterocycles. The summed E-state index contributed by atoms with van der Waals surface area (Å²) in [6.07, 6.45) is 2.09. The van der Waals surface area contributed by atoms with Gasteiger partial charge in [0.25, 0.3) is 0 Å². The van der Waals surface area contributed by atoms with E-state index in [0.717, 1.165) is 25.9 Å². The number of hydrogen-bond donors (Lipinski definition) is 3. The van der Waals surface area contributed by atoms with Crippen LogP contribution in [0.3, 0.4) is 0 Å².